The average molecular weight is 437 g/mol. The van der Waals surface area contributed by atoms with E-state index in [9.17, 15) is 4.79 Å². The van der Waals surface area contributed by atoms with E-state index >= 15 is 0 Å². The van der Waals surface area contributed by atoms with Gasteiger partial charge in [0, 0.05) is 25.1 Å². The summed E-state index contributed by atoms with van der Waals surface area (Å²) in [6, 6.07) is 0.428. The number of nitrogens with one attached hydrogen (secondary N) is 1. The highest BCUT2D eigenvalue weighted by atomic mass is 16.6. The van der Waals surface area contributed by atoms with Crippen LogP contribution in [0.2, 0.25) is 0 Å². The Morgan fingerprint density at radius 3 is 2.48 bits per heavy atom. The fourth-order valence-electron chi connectivity index (χ4n) is 5.91. The summed E-state index contributed by atoms with van der Waals surface area (Å²) in [6.45, 7) is 9.73. The normalized spacial score (nSPS) is 35.5. The van der Waals surface area contributed by atoms with Crippen molar-refractivity contribution in [2.24, 2.45) is 17.1 Å². The summed E-state index contributed by atoms with van der Waals surface area (Å²) in [4.78, 5) is 12.7. The SMILES string of the molecule is COC1C(OC(=O)N[C@H]2CC[C@H](N)CC2)CC[C@]2(CO2)C1C(C)(C)CCCC=C(C)C. The van der Waals surface area contributed by atoms with Crippen LogP contribution in [0.5, 0.6) is 0 Å². The Labute approximate surface area is 188 Å². The maximum atomic E-state index is 12.7. The quantitative estimate of drug-likeness (QED) is 0.327. The number of hydrogen-bond donors (Lipinski definition) is 2. The van der Waals surface area contributed by atoms with E-state index in [4.69, 9.17) is 19.9 Å². The molecule has 0 aromatic carbocycles. The molecule has 4 atom stereocenters. The van der Waals surface area contributed by atoms with E-state index in [0.717, 1.165) is 64.4 Å². The van der Waals surface area contributed by atoms with Gasteiger partial charge < -0.3 is 25.3 Å². The first-order valence-corrected chi connectivity index (χ1v) is 12.2. The maximum absolute atomic E-state index is 12.7. The molecule has 2 aliphatic carbocycles. The van der Waals surface area contributed by atoms with Crippen LogP contribution in [0.1, 0.15) is 85.5 Å². The van der Waals surface area contributed by atoms with Gasteiger partial charge in [-0.1, -0.05) is 25.5 Å². The van der Waals surface area contributed by atoms with Crippen LogP contribution in [0, 0.1) is 11.3 Å². The predicted molar refractivity (Wildman–Crippen MR) is 123 cm³/mol. The van der Waals surface area contributed by atoms with Crippen molar-refractivity contribution >= 4 is 6.09 Å². The molecule has 3 aliphatic rings. The number of epoxide rings is 1. The van der Waals surface area contributed by atoms with E-state index in [2.05, 4.69) is 39.1 Å². The van der Waals surface area contributed by atoms with Crippen molar-refractivity contribution in [1.29, 1.82) is 0 Å². The predicted octanol–water partition coefficient (Wildman–Crippen LogP) is 4.71. The molecule has 3 fully saturated rings. The third-order valence-electron chi connectivity index (χ3n) is 7.67. The van der Waals surface area contributed by atoms with Gasteiger partial charge in [-0.05, 0) is 77.0 Å². The zero-order chi connectivity index (χ0) is 22.6. The second-order valence-corrected chi connectivity index (χ2v) is 10.9. The van der Waals surface area contributed by atoms with E-state index in [0.29, 0.717) is 0 Å². The maximum Gasteiger partial charge on any atom is 0.407 e. The molecular formula is C25H44N2O4. The number of methoxy groups -OCH3 is 1. The minimum Gasteiger partial charge on any atom is -0.443 e. The minimum absolute atomic E-state index is 0.0324. The summed E-state index contributed by atoms with van der Waals surface area (Å²) < 4.78 is 18.0. The number of ether oxygens (including phenoxy) is 3. The number of rotatable bonds is 8. The standard InChI is InChI=1S/C25H44N2O4/c1-17(2)8-6-7-14-24(3,4)22-21(29-5)20(13-15-25(22)16-30-25)31-23(28)27-19-11-9-18(26)10-12-19/h8,18-22H,6-7,9-16,26H2,1-5H3,(H,27,28)/t18-,19-,20?,21?,22?,25-/m0/s1. The second kappa shape index (κ2) is 10.2. The number of amides is 1. The van der Waals surface area contributed by atoms with Crippen LogP contribution in [0.4, 0.5) is 4.79 Å². The van der Waals surface area contributed by atoms with Gasteiger partial charge in [0.2, 0.25) is 0 Å². The van der Waals surface area contributed by atoms with Crippen LogP contribution in [0.25, 0.3) is 0 Å². The number of nitrogens with two attached hydrogens (primary N) is 1. The van der Waals surface area contributed by atoms with E-state index < -0.39 is 0 Å². The molecule has 1 heterocycles. The van der Waals surface area contributed by atoms with Gasteiger partial charge in [0.15, 0.2) is 0 Å². The zero-order valence-electron chi connectivity index (χ0n) is 20.2. The highest BCUT2D eigenvalue weighted by Gasteiger charge is 2.63. The largest absolute Gasteiger partial charge is 0.443 e. The number of hydrogen-bond acceptors (Lipinski definition) is 5. The Bertz CT molecular complexity index is 631. The van der Waals surface area contributed by atoms with Crippen LogP contribution in [0.3, 0.4) is 0 Å². The lowest BCUT2D eigenvalue weighted by Crippen LogP contribution is -2.56. The molecule has 0 aromatic heterocycles. The highest BCUT2D eigenvalue weighted by molar-refractivity contribution is 5.68. The fraction of sp³-hybridized carbons (Fsp3) is 0.880. The van der Waals surface area contributed by atoms with Crippen molar-refractivity contribution in [3.8, 4) is 0 Å². The zero-order valence-corrected chi connectivity index (χ0v) is 20.2. The van der Waals surface area contributed by atoms with Crippen molar-refractivity contribution in [2.75, 3.05) is 13.7 Å². The van der Waals surface area contributed by atoms with Gasteiger partial charge in [0.25, 0.3) is 0 Å². The molecule has 0 aromatic rings. The number of unbranched alkanes of at least 4 members (excludes halogenated alkanes) is 1. The van der Waals surface area contributed by atoms with Crippen LogP contribution in [0.15, 0.2) is 11.6 Å². The molecule has 3 unspecified atom stereocenters. The molecule has 0 radical (unpaired) electrons. The monoisotopic (exact) mass is 436 g/mol. The van der Waals surface area contributed by atoms with Crippen molar-refractivity contribution in [3.63, 3.8) is 0 Å². The van der Waals surface area contributed by atoms with Gasteiger partial charge in [-0.2, -0.15) is 0 Å². The number of allylic oxidation sites excluding steroid dienone is 2. The number of alkyl carbamates (subject to hydrolysis) is 1. The molecule has 6 nitrogen and oxygen atoms in total. The Kier molecular flexibility index (Phi) is 8.09. The van der Waals surface area contributed by atoms with Crippen LogP contribution in [-0.4, -0.2) is 49.7 Å². The summed E-state index contributed by atoms with van der Waals surface area (Å²) in [7, 11) is 1.75. The molecule has 3 N–H and O–H groups in total. The van der Waals surface area contributed by atoms with Crippen molar-refractivity contribution in [3.05, 3.63) is 11.6 Å². The third kappa shape index (κ3) is 6.23. The number of carbonyl (C=O) groups is 1. The summed E-state index contributed by atoms with van der Waals surface area (Å²) >= 11 is 0. The summed E-state index contributed by atoms with van der Waals surface area (Å²) in [5.74, 6) is 0.205. The smallest absolute Gasteiger partial charge is 0.407 e. The van der Waals surface area contributed by atoms with Gasteiger partial charge in [-0.25, -0.2) is 4.79 Å². The summed E-state index contributed by atoms with van der Waals surface area (Å²) in [6.07, 6.45) is 10.4. The lowest BCUT2D eigenvalue weighted by Gasteiger charge is -2.48. The minimum atomic E-state index is -0.319. The van der Waals surface area contributed by atoms with Gasteiger partial charge in [-0.3, -0.25) is 0 Å². The Balaban J connectivity index is 1.62. The van der Waals surface area contributed by atoms with E-state index in [1.54, 1.807) is 7.11 Å². The molecule has 31 heavy (non-hydrogen) atoms. The summed E-state index contributed by atoms with van der Waals surface area (Å²) in [5, 5.41) is 3.06. The molecule has 1 spiro atoms. The van der Waals surface area contributed by atoms with Crippen LogP contribution < -0.4 is 11.1 Å². The summed E-state index contributed by atoms with van der Waals surface area (Å²) in [5.41, 5.74) is 7.27. The van der Waals surface area contributed by atoms with Crippen molar-refractivity contribution < 1.29 is 19.0 Å². The van der Waals surface area contributed by atoms with Gasteiger partial charge in [0.05, 0.1) is 12.2 Å². The first-order valence-electron chi connectivity index (χ1n) is 12.2. The molecule has 1 aliphatic heterocycles. The lowest BCUT2D eigenvalue weighted by molar-refractivity contribution is -0.133. The van der Waals surface area contributed by atoms with Crippen LogP contribution >= 0.6 is 0 Å². The van der Waals surface area contributed by atoms with Crippen molar-refractivity contribution in [2.45, 2.75) is 115 Å². The van der Waals surface area contributed by atoms with E-state index in [1.165, 1.54) is 5.57 Å². The topological polar surface area (TPSA) is 86.1 Å². The molecule has 178 valence electrons. The fourth-order valence-corrected chi connectivity index (χ4v) is 5.91. The highest BCUT2D eigenvalue weighted by Crippen LogP contribution is 2.55. The van der Waals surface area contributed by atoms with Gasteiger partial charge in [0.1, 0.15) is 12.2 Å². The first kappa shape index (κ1) is 24.5. The molecule has 1 saturated heterocycles. The van der Waals surface area contributed by atoms with Gasteiger partial charge >= 0.3 is 6.09 Å². The Morgan fingerprint density at radius 1 is 1.23 bits per heavy atom. The van der Waals surface area contributed by atoms with E-state index in [1.807, 2.05) is 0 Å². The van der Waals surface area contributed by atoms with E-state index in [-0.39, 0.29) is 47.3 Å². The molecule has 3 rings (SSSR count). The van der Waals surface area contributed by atoms with Gasteiger partial charge in [-0.15, -0.1) is 0 Å². The molecule has 2 saturated carbocycles. The first-order chi connectivity index (χ1) is 14.7. The average Bonchev–Trinajstić information content (AvgIpc) is 3.47. The molecule has 1 amide bonds. The molecule has 6 heteroatoms. The molecular weight excluding hydrogens is 392 g/mol. The third-order valence-corrected chi connectivity index (χ3v) is 7.67. The van der Waals surface area contributed by atoms with Crippen LogP contribution in [-0.2, 0) is 14.2 Å². The van der Waals surface area contributed by atoms with Crippen molar-refractivity contribution in [1.82, 2.24) is 5.32 Å². The lowest BCUT2D eigenvalue weighted by atomic mass is 9.61. The molecule has 0 bridgehead atoms. The second-order valence-electron chi connectivity index (χ2n) is 10.9. The number of carbonyl (C=O) groups excluding carboxylic acids is 1. The Morgan fingerprint density at radius 2 is 1.90 bits per heavy atom. The Hall–Kier alpha value is -1.11.